The highest BCUT2D eigenvalue weighted by Crippen LogP contribution is 2.16. The summed E-state index contributed by atoms with van der Waals surface area (Å²) in [5.41, 5.74) is 7.68. The first-order valence-corrected chi connectivity index (χ1v) is 8.07. The van der Waals surface area contributed by atoms with E-state index in [4.69, 9.17) is 4.74 Å². The van der Waals surface area contributed by atoms with Crippen LogP contribution in [0.3, 0.4) is 0 Å². The van der Waals surface area contributed by atoms with Gasteiger partial charge >= 0.3 is 0 Å². The van der Waals surface area contributed by atoms with Crippen molar-refractivity contribution in [1.82, 2.24) is 15.4 Å². The minimum absolute atomic E-state index is 0.389. The van der Waals surface area contributed by atoms with E-state index in [9.17, 15) is 9.59 Å². The number of nitrogens with one attached hydrogen (secondary N) is 2. The van der Waals surface area contributed by atoms with Crippen LogP contribution in [0.1, 0.15) is 26.3 Å². The molecule has 0 spiro atoms. The van der Waals surface area contributed by atoms with Crippen LogP contribution in [0, 0.1) is 6.92 Å². The molecule has 1 aromatic heterocycles. The molecule has 0 aliphatic heterocycles. The molecule has 2 amide bonds. The van der Waals surface area contributed by atoms with E-state index in [2.05, 4.69) is 10.9 Å². The SMILES string of the molecule is COc1ccc(C(=O)NNC(=O)c2ccc(C)c(-n3cccc3)c2)cc1. The lowest BCUT2D eigenvalue weighted by Crippen LogP contribution is -2.41. The lowest BCUT2D eigenvalue weighted by atomic mass is 10.1. The second-order valence-electron chi connectivity index (χ2n) is 5.73. The Labute approximate surface area is 151 Å². The summed E-state index contributed by atoms with van der Waals surface area (Å²) in [5.74, 6) is -0.137. The number of hydrogen-bond donors (Lipinski definition) is 2. The standard InChI is InChI=1S/C20H19N3O3/c1-14-5-6-16(13-18(14)23-11-3-4-12-23)20(25)22-21-19(24)15-7-9-17(26-2)10-8-15/h3-13H,1-2H3,(H,21,24)(H,22,25). The molecular formula is C20H19N3O3. The maximum Gasteiger partial charge on any atom is 0.269 e. The molecule has 132 valence electrons. The van der Waals surface area contributed by atoms with Gasteiger partial charge in [0.25, 0.3) is 11.8 Å². The van der Waals surface area contributed by atoms with Crippen molar-refractivity contribution in [2.24, 2.45) is 0 Å². The first-order valence-electron chi connectivity index (χ1n) is 8.07. The summed E-state index contributed by atoms with van der Waals surface area (Å²) in [6, 6.07) is 15.8. The fourth-order valence-corrected chi connectivity index (χ4v) is 2.52. The highest BCUT2D eigenvalue weighted by Gasteiger charge is 2.11. The second kappa shape index (κ2) is 7.57. The first-order chi connectivity index (χ1) is 12.6. The van der Waals surface area contributed by atoms with E-state index in [1.54, 1.807) is 43.5 Å². The van der Waals surface area contributed by atoms with Crippen LogP contribution in [-0.2, 0) is 0 Å². The van der Waals surface area contributed by atoms with Gasteiger partial charge < -0.3 is 9.30 Å². The Morgan fingerprint density at radius 3 is 2.08 bits per heavy atom. The molecule has 2 aromatic carbocycles. The lowest BCUT2D eigenvalue weighted by molar-refractivity contribution is 0.0846. The quantitative estimate of drug-likeness (QED) is 0.712. The predicted octanol–water partition coefficient (Wildman–Crippen LogP) is 2.87. The summed E-state index contributed by atoms with van der Waals surface area (Å²) in [4.78, 5) is 24.5. The third-order valence-electron chi connectivity index (χ3n) is 4.00. The van der Waals surface area contributed by atoms with Crippen molar-refractivity contribution in [1.29, 1.82) is 0 Å². The minimum Gasteiger partial charge on any atom is -0.497 e. The molecule has 6 nitrogen and oxygen atoms in total. The van der Waals surface area contributed by atoms with Crippen molar-refractivity contribution in [3.63, 3.8) is 0 Å². The Hall–Kier alpha value is -3.54. The van der Waals surface area contributed by atoms with Crippen molar-refractivity contribution >= 4 is 11.8 Å². The maximum absolute atomic E-state index is 12.4. The van der Waals surface area contributed by atoms with E-state index < -0.39 is 5.91 Å². The smallest absolute Gasteiger partial charge is 0.269 e. The molecule has 0 aliphatic rings. The van der Waals surface area contributed by atoms with Crippen LogP contribution in [-0.4, -0.2) is 23.5 Å². The summed E-state index contributed by atoms with van der Waals surface area (Å²) in [5, 5.41) is 0. The minimum atomic E-state index is -0.404. The summed E-state index contributed by atoms with van der Waals surface area (Å²) in [6.45, 7) is 1.97. The van der Waals surface area contributed by atoms with Crippen LogP contribution in [0.4, 0.5) is 0 Å². The van der Waals surface area contributed by atoms with E-state index in [-0.39, 0.29) is 5.91 Å². The van der Waals surface area contributed by atoms with Gasteiger partial charge in [0.1, 0.15) is 5.75 Å². The van der Waals surface area contributed by atoms with E-state index >= 15 is 0 Å². The Morgan fingerprint density at radius 2 is 1.46 bits per heavy atom. The number of carbonyl (C=O) groups excluding carboxylic acids is 2. The monoisotopic (exact) mass is 349 g/mol. The summed E-state index contributed by atoms with van der Waals surface area (Å²) < 4.78 is 6.99. The zero-order valence-electron chi connectivity index (χ0n) is 14.5. The molecule has 3 aromatic rings. The third kappa shape index (κ3) is 3.75. The van der Waals surface area contributed by atoms with Crippen molar-refractivity contribution in [2.75, 3.05) is 7.11 Å². The van der Waals surface area contributed by atoms with Gasteiger partial charge in [-0.25, -0.2) is 0 Å². The largest absolute Gasteiger partial charge is 0.497 e. The molecule has 0 atom stereocenters. The van der Waals surface area contributed by atoms with Gasteiger partial charge in [-0.2, -0.15) is 0 Å². The molecule has 0 radical (unpaired) electrons. The Morgan fingerprint density at radius 1 is 0.885 bits per heavy atom. The Balaban J connectivity index is 1.68. The number of aryl methyl sites for hydroxylation is 1. The molecule has 3 rings (SSSR count). The van der Waals surface area contributed by atoms with Crippen molar-refractivity contribution in [3.05, 3.63) is 83.7 Å². The first kappa shape index (κ1) is 17.3. The number of benzene rings is 2. The van der Waals surface area contributed by atoms with Gasteiger partial charge in [-0.05, 0) is 61.0 Å². The van der Waals surface area contributed by atoms with E-state index in [0.717, 1.165) is 11.3 Å². The number of carbonyl (C=O) groups is 2. The molecule has 0 fully saturated rings. The summed E-state index contributed by atoms with van der Waals surface area (Å²) >= 11 is 0. The van der Waals surface area contributed by atoms with Gasteiger partial charge in [0, 0.05) is 29.2 Å². The van der Waals surface area contributed by atoms with Crippen molar-refractivity contribution in [2.45, 2.75) is 6.92 Å². The number of hydrazine groups is 1. The molecule has 2 N–H and O–H groups in total. The van der Waals surface area contributed by atoms with Gasteiger partial charge in [0.15, 0.2) is 0 Å². The average molecular weight is 349 g/mol. The number of nitrogens with zero attached hydrogens (tertiary/aromatic N) is 1. The summed E-state index contributed by atoms with van der Waals surface area (Å²) in [6.07, 6.45) is 3.82. The average Bonchev–Trinajstić information content (AvgIpc) is 3.20. The number of aromatic nitrogens is 1. The number of hydrogen-bond acceptors (Lipinski definition) is 3. The molecular weight excluding hydrogens is 330 g/mol. The second-order valence-corrected chi connectivity index (χ2v) is 5.73. The van der Waals surface area contributed by atoms with Crippen LogP contribution >= 0.6 is 0 Å². The highest BCUT2D eigenvalue weighted by atomic mass is 16.5. The van der Waals surface area contributed by atoms with E-state index in [1.807, 2.05) is 42.1 Å². The molecule has 0 saturated heterocycles. The van der Waals surface area contributed by atoms with Crippen LogP contribution in [0.15, 0.2) is 67.0 Å². The number of rotatable bonds is 4. The van der Waals surface area contributed by atoms with Gasteiger partial charge in [-0.3, -0.25) is 20.4 Å². The van der Waals surface area contributed by atoms with Gasteiger partial charge in [0.05, 0.1) is 7.11 Å². The molecule has 0 saturated carbocycles. The normalized spacial score (nSPS) is 10.2. The van der Waals surface area contributed by atoms with Crippen LogP contribution in [0.5, 0.6) is 5.75 Å². The molecule has 0 bridgehead atoms. The predicted molar refractivity (Wildman–Crippen MR) is 98.4 cm³/mol. The Kier molecular flexibility index (Phi) is 5.03. The molecule has 0 unspecified atom stereocenters. The van der Waals surface area contributed by atoms with Gasteiger partial charge in [-0.1, -0.05) is 6.07 Å². The van der Waals surface area contributed by atoms with Gasteiger partial charge in [-0.15, -0.1) is 0 Å². The van der Waals surface area contributed by atoms with Crippen LogP contribution < -0.4 is 15.6 Å². The molecule has 26 heavy (non-hydrogen) atoms. The van der Waals surface area contributed by atoms with Gasteiger partial charge in [0.2, 0.25) is 0 Å². The highest BCUT2D eigenvalue weighted by molar-refractivity contribution is 5.99. The number of amides is 2. The number of methoxy groups -OCH3 is 1. The third-order valence-corrected chi connectivity index (χ3v) is 4.00. The van der Waals surface area contributed by atoms with Crippen LogP contribution in [0.25, 0.3) is 5.69 Å². The molecule has 6 heteroatoms. The van der Waals surface area contributed by atoms with Crippen molar-refractivity contribution < 1.29 is 14.3 Å². The van der Waals surface area contributed by atoms with Crippen molar-refractivity contribution in [3.8, 4) is 11.4 Å². The summed E-state index contributed by atoms with van der Waals surface area (Å²) in [7, 11) is 1.55. The fourth-order valence-electron chi connectivity index (χ4n) is 2.52. The molecule has 0 aliphatic carbocycles. The Bertz CT molecular complexity index is 916. The zero-order valence-corrected chi connectivity index (χ0v) is 14.5. The number of ether oxygens (including phenoxy) is 1. The fraction of sp³-hybridized carbons (Fsp3) is 0.100. The van der Waals surface area contributed by atoms with Crippen LogP contribution in [0.2, 0.25) is 0 Å². The zero-order chi connectivity index (χ0) is 18.5. The lowest BCUT2D eigenvalue weighted by Gasteiger charge is -2.11. The van der Waals surface area contributed by atoms with E-state index in [0.29, 0.717) is 16.9 Å². The maximum atomic E-state index is 12.4. The molecule has 1 heterocycles. The topological polar surface area (TPSA) is 72.4 Å². The van der Waals surface area contributed by atoms with E-state index in [1.165, 1.54) is 0 Å².